The van der Waals surface area contributed by atoms with Crippen molar-refractivity contribution < 1.29 is 9.53 Å². The molecule has 3 nitrogen and oxygen atoms in total. The average Bonchev–Trinajstić information content (AvgIpc) is 2.57. The summed E-state index contributed by atoms with van der Waals surface area (Å²) in [5.41, 5.74) is 0.802. The summed E-state index contributed by atoms with van der Waals surface area (Å²) in [5, 5.41) is 0. The number of allylic oxidation sites excluding steroid dienone is 1. The minimum atomic E-state index is -2.34. The molecular weight excluding hydrogens is 333 g/mol. The average molecular weight is 358 g/mol. The summed E-state index contributed by atoms with van der Waals surface area (Å²) < 4.78 is 6.74. The Balaban J connectivity index is 3.01. The van der Waals surface area contributed by atoms with Crippen LogP contribution in [0.25, 0.3) is 0 Å². The number of hydrogen-bond acceptors (Lipinski definition) is 2. The Kier molecular flexibility index (Phi) is 4.57. The van der Waals surface area contributed by atoms with Crippen LogP contribution in [-0.2, 0) is 4.74 Å². The molecule has 0 fully saturated rings. The third-order valence-electron chi connectivity index (χ3n) is 2.75. The predicted molar refractivity (Wildman–Crippen MR) is 78.1 cm³/mol. The van der Waals surface area contributed by atoms with Crippen molar-refractivity contribution in [2.45, 2.75) is 47.6 Å². The maximum absolute atomic E-state index is 12.2. The van der Waals surface area contributed by atoms with Crippen LogP contribution in [0.2, 0.25) is 14.8 Å². The van der Waals surface area contributed by atoms with Crippen LogP contribution in [0.3, 0.4) is 0 Å². The summed E-state index contributed by atoms with van der Waals surface area (Å²) in [7, 11) is 0. The van der Waals surface area contributed by atoms with E-state index in [9.17, 15) is 4.79 Å². The van der Waals surface area contributed by atoms with Crippen LogP contribution in [-0.4, -0.2) is 41.5 Å². The summed E-state index contributed by atoms with van der Waals surface area (Å²) in [6, 6.07) is 0. The van der Waals surface area contributed by atoms with Gasteiger partial charge in [-0.05, 0) is 0 Å². The molecule has 1 amide bonds. The second kappa shape index (κ2) is 5.27. The van der Waals surface area contributed by atoms with Crippen LogP contribution >= 0.6 is 0 Å². The number of rotatable bonds is 2. The van der Waals surface area contributed by atoms with E-state index in [4.69, 9.17) is 4.74 Å². The SMILES string of the molecule is C=CC1=[C]([Sn]([CH3])([CH3])[CH3])N(C(=O)OC(C)(C)C)CC1. The molecule has 18 heavy (non-hydrogen) atoms. The molecule has 102 valence electrons. The van der Waals surface area contributed by atoms with Crippen LogP contribution in [0.15, 0.2) is 21.9 Å². The third kappa shape index (κ3) is 3.77. The van der Waals surface area contributed by atoms with Gasteiger partial charge in [0.2, 0.25) is 0 Å². The first-order valence-electron chi connectivity index (χ1n) is 6.43. The zero-order chi connectivity index (χ0) is 14.1. The molecule has 0 aromatic heterocycles. The molecule has 0 unspecified atom stereocenters. The zero-order valence-electron chi connectivity index (χ0n) is 12.5. The van der Waals surface area contributed by atoms with Crippen molar-refractivity contribution in [2.24, 2.45) is 0 Å². The second-order valence-electron chi connectivity index (χ2n) is 6.71. The number of carbonyl (C=O) groups excluding carboxylic acids is 1. The number of ether oxygens (including phenoxy) is 1. The summed E-state index contributed by atoms with van der Waals surface area (Å²) in [5.74, 6) is 0. The first-order chi connectivity index (χ1) is 8.06. The van der Waals surface area contributed by atoms with Gasteiger partial charge in [-0.15, -0.1) is 0 Å². The van der Waals surface area contributed by atoms with Crippen molar-refractivity contribution >= 4 is 24.5 Å². The maximum atomic E-state index is 12.2. The Morgan fingerprint density at radius 3 is 2.33 bits per heavy atom. The van der Waals surface area contributed by atoms with Gasteiger partial charge in [-0.1, -0.05) is 0 Å². The van der Waals surface area contributed by atoms with Gasteiger partial charge in [-0.2, -0.15) is 0 Å². The molecule has 0 aromatic carbocycles. The molecule has 0 aromatic rings. The Hall–Kier alpha value is -0.451. The molecule has 0 radical (unpaired) electrons. The van der Waals surface area contributed by atoms with E-state index >= 15 is 0 Å². The van der Waals surface area contributed by atoms with Crippen molar-refractivity contribution in [3.8, 4) is 0 Å². The van der Waals surface area contributed by atoms with Crippen molar-refractivity contribution in [3.05, 3.63) is 21.9 Å². The molecule has 4 heteroatoms. The molecule has 1 aliphatic rings. The van der Waals surface area contributed by atoms with E-state index in [0.29, 0.717) is 0 Å². The first kappa shape index (κ1) is 15.6. The van der Waals surface area contributed by atoms with Crippen molar-refractivity contribution in [1.29, 1.82) is 0 Å². The zero-order valence-corrected chi connectivity index (χ0v) is 15.3. The van der Waals surface area contributed by atoms with E-state index in [0.717, 1.165) is 13.0 Å². The number of hydrogen-bond donors (Lipinski definition) is 0. The van der Waals surface area contributed by atoms with Crippen molar-refractivity contribution in [1.82, 2.24) is 4.90 Å². The van der Waals surface area contributed by atoms with Crippen LogP contribution in [0, 0.1) is 0 Å². The number of amides is 1. The van der Waals surface area contributed by atoms with Gasteiger partial charge in [0.25, 0.3) is 0 Å². The summed E-state index contributed by atoms with van der Waals surface area (Å²) >= 11 is -2.34. The van der Waals surface area contributed by atoms with Crippen LogP contribution in [0.1, 0.15) is 27.2 Å². The summed E-state index contributed by atoms with van der Waals surface area (Å²) in [4.78, 5) is 21.0. The minimum absolute atomic E-state index is 0.207. The van der Waals surface area contributed by atoms with Crippen molar-refractivity contribution in [2.75, 3.05) is 6.54 Å². The van der Waals surface area contributed by atoms with Gasteiger partial charge in [0, 0.05) is 0 Å². The van der Waals surface area contributed by atoms with E-state index in [1.165, 1.54) is 9.29 Å². The molecule has 0 atom stereocenters. The van der Waals surface area contributed by atoms with Gasteiger partial charge >= 0.3 is 115 Å². The quantitative estimate of drug-likeness (QED) is 0.700. The fourth-order valence-corrected chi connectivity index (χ4v) is 8.51. The Morgan fingerprint density at radius 1 is 1.39 bits per heavy atom. The topological polar surface area (TPSA) is 29.5 Å². The number of carbonyl (C=O) groups is 1. The third-order valence-corrected chi connectivity index (χ3v) is 8.49. The Morgan fingerprint density at radius 2 is 1.94 bits per heavy atom. The molecule has 1 heterocycles. The van der Waals surface area contributed by atoms with Crippen LogP contribution in [0.5, 0.6) is 0 Å². The van der Waals surface area contributed by atoms with E-state index < -0.39 is 24.0 Å². The molecule has 0 bridgehead atoms. The van der Waals surface area contributed by atoms with Gasteiger partial charge in [0.1, 0.15) is 0 Å². The molecule has 0 aliphatic carbocycles. The normalized spacial score (nSPS) is 17.1. The standard InChI is InChI=1S/C11H16NO2.3CH3.Sn/c1-5-9-6-7-12(8-9)10(13)14-11(2,3)4;;;;/h5H,1,6-7H2,2-4H3;3*1H3;. The molecule has 0 saturated carbocycles. The van der Waals surface area contributed by atoms with Gasteiger partial charge in [0.15, 0.2) is 0 Å². The fraction of sp³-hybridized carbons (Fsp3) is 0.643. The van der Waals surface area contributed by atoms with E-state index in [-0.39, 0.29) is 6.09 Å². The summed E-state index contributed by atoms with van der Waals surface area (Å²) in [6.45, 7) is 10.3. The molecule has 1 aliphatic heterocycles. The Labute approximate surface area is 115 Å². The number of nitrogens with zero attached hydrogens (tertiary/aromatic N) is 1. The molecule has 1 rings (SSSR count). The monoisotopic (exact) mass is 359 g/mol. The second-order valence-corrected chi connectivity index (χ2v) is 20.9. The molecule has 0 N–H and O–H groups in total. The van der Waals surface area contributed by atoms with E-state index in [1.54, 1.807) is 0 Å². The van der Waals surface area contributed by atoms with E-state index in [2.05, 4.69) is 21.4 Å². The van der Waals surface area contributed by atoms with Crippen LogP contribution < -0.4 is 0 Å². The van der Waals surface area contributed by atoms with Gasteiger partial charge < -0.3 is 0 Å². The fourth-order valence-electron chi connectivity index (χ4n) is 2.22. The van der Waals surface area contributed by atoms with Gasteiger partial charge in [-0.3, -0.25) is 0 Å². The van der Waals surface area contributed by atoms with Crippen LogP contribution in [0.4, 0.5) is 4.79 Å². The first-order valence-corrected chi connectivity index (χ1v) is 16.4. The molecule has 0 saturated heterocycles. The predicted octanol–water partition coefficient (Wildman–Crippen LogP) is 3.94. The van der Waals surface area contributed by atoms with Gasteiger partial charge in [-0.25, -0.2) is 0 Å². The Bertz CT molecular complexity index is 386. The van der Waals surface area contributed by atoms with E-state index in [1.807, 2.05) is 31.7 Å². The molecular formula is C14H25NO2Sn. The van der Waals surface area contributed by atoms with Gasteiger partial charge in [0.05, 0.1) is 0 Å². The molecule has 0 spiro atoms. The van der Waals surface area contributed by atoms with Crippen molar-refractivity contribution in [3.63, 3.8) is 0 Å². The summed E-state index contributed by atoms with van der Waals surface area (Å²) in [6.07, 6.45) is 2.61.